The zero-order valence-electron chi connectivity index (χ0n) is 12.2. The number of hydrogen-bond acceptors (Lipinski definition) is 2. The lowest BCUT2D eigenvalue weighted by Crippen LogP contribution is -2.56. The third-order valence-electron chi connectivity index (χ3n) is 6.32. The molecule has 0 aromatic heterocycles. The van der Waals surface area contributed by atoms with Crippen molar-refractivity contribution in [3.8, 4) is 0 Å². The number of carbonyl (C=O) groups is 1. The molecule has 1 aliphatic heterocycles. The van der Waals surface area contributed by atoms with Crippen molar-refractivity contribution < 1.29 is 4.79 Å². The summed E-state index contributed by atoms with van der Waals surface area (Å²) >= 11 is 0. The number of rotatable bonds is 1. The summed E-state index contributed by atoms with van der Waals surface area (Å²) in [5, 5.41) is 0. The van der Waals surface area contributed by atoms with E-state index in [1.165, 1.54) is 38.5 Å². The average Bonchev–Trinajstić information content (AvgIpc) is 2.37. The van der Waals surface area contributed by atoms with Crippen LogP contribution in [0.2, 0.25) is 0 Å². The summed E-state index contributed by atoms with van der Waals surface area (Å²) in [7, 11) is 0. The van der Waals surface area contributed by atoms with Crippen LogP contribution in [0.5, 0.6) is 0 Å². The Morgan fingerprint density at radius 1 is 0.950 bits per heavy atom. The molecule has 5 rings (SSSR count). The van der Waals surface area contributed by atoms with E-state index in [-0.39, 0.29) is 17.8 Å². The second-order valence-electron chi connectivity index (χ2n) is 7.83. The number of carbonyl (C=O) groups excluding carboxylic acids is 1. The van der Waals surface area contributed by atoms with E-state index in [4.69, 9.17) is 5.73 Å². The zero-order chi connectivity index (χ0) is 13.0. The second kappa shape index (κ2) is 5.17. The maximum absolute atomic E-state index is 13.0. The minimum atomic E-state index is 0. The molecule has 0 radical (unpaired) electrons. The van der Waals surface area contributed by atoms with Crippen LogP contribution in [0.4, 0.5) is 0 Å². The summed E-state index contributed by atoms with van der Waals surface area (Å²) in [4.78, 5) is 15.2. The molecule has 0 unspecified atom stereocenters. The standard InChI is InChI=1S/C16H26N2O.ClH/c17-14-1-3-18(4-2-14)15(19)16-8-11-5-12(9-16)7-13(6-11)10-16;/h11-14H,1-10,17H2;1H. The molecule has 20 heavy (non-hydrogen) atoms. The summed E-state index contributed by atoms with van der Waals surface area (Å²) in [5.74, 6) is 3.09. The average molecular weight is 299 g/mol. The molecular formula is C16H27ClN2O. The maximum atomic E-state index is 13.0. The van der Waals surface area contributed by atoms with E-state index < -0.39 is 0 Å². The second-order valence-corrected chi connectivity index (χ2v) is 7.83. The molecule has 0 spiro atoms. The Balaban J connectivity index is 0.00000121. The van der Waals surface area contributed by atoms with Crippen molar-refractivity contribution in [2.45, 2.75) is 57.4 Å². The van der Waals surface area contributed by atoms with Crippen LogP contribution in [0.15, 0.2) is 0 Å². The lowest BCUT2D eigenvalue weighted by molar-refractivity contribution is -0.158. The molecule has 2 N–H and O–H groups in total. The van der Waals surface area contributed by atoms with Crippen LogP contribution in [0.1, 0.15) is 51.4 Å². The molecule has 4 saturated carbocycles. The molecule has 4 aliphatic carbocycles. The van der Waals surface area contributed by atoms with Crippen LogP contribution in [0.25, 0.3) is 0 Å². The number of nitrogens with two attached hydrogens (primary N) is 1. The number of piperidine rings is 1. The summed E-state index contributed by atoms with van der Waals surface area (Å²) < 4.78 is 0. The van der Waals surface area contributed by atoms with Crippen molar-refractivity contribution >= 4 is 18.3 Å². The first-order valence-corrected chi connectivity index (χ1v) is 8.19. The molecule has 1 saturated heterocycles. The van der Waals surface area contributed by atoms with Gasteiger partial charge in [0.2, 0.25) is 5.91 Å². The first-order chi connectivity index (χ1) is 9.14. The van der Waals surface area contributed by atoms with Gasteiger partial charge < -0.3 is 10.6 Å². The van der Waals surface area contributed by atoms with Crippen molar-refractivity contribution in [2.24, 2.45) is 28.9 Å². The number of hydrogen-bond donors (Lipinski definition) is 1. The molecule has 114 valence electrons. The van der Waals surface area contributed by atoms with Gasteiger partial charge in [-0.15, -0.1) is 12.4 Å². The molecule has 3 nitrogen and oxygen atoms in total. The normalized spacial score (nSPS) is 43.5. The predicted octanol–water partition coefficient (Wildman–Crippen LogP) is 2.57. The van der Waals surface area contributed by atoms with Crippen molar-refractivity contribution in [2.75, 3.05) is 13.1 Å². The quantitative estimate of drug-likeness (QED) is 0.809. The van der Waals surface area contributed by atoms with E-state index in [0.29, 0.717) is 11.9 Å². The molecule has 5 fully saturated rings. The summed E-state index contributed by atoms with van der Waals surface area (Å²) in [6.07, 6.45) is 9.82. The molecule has 0 aromatic carbocycles. The Bertz CT molecular complexity index is 355. The van der Waals surface area contributed by atoms with Crippen molar-refractivity contribution in [3.63, 3.8) is 0 Å². The number of nitrogens with zero attached hydrogens (tertiary/aromatic N) is 1. The van der Waals surface area contributed by atoms with Gasteiger partial charge in [-0.25, -0.2) is 0 Å². The minimum absolute atomic E-state index is 0. The van der Waals surface area contributed by atoms with Gasteiger partial charge in [0.1, 0.15) is 0 Å². The Hall–Kier alpha value is -0.280. The summed E-state index contributed by atoms with van der Waals surface area (Å²) in [6.45, 7) is 1.81. The molecule has 0 aromatic rings. The Morgan fingerprint density at radius 2 is 1.40 bits per heavy atom. The van der Waals surface area contributed by atoms with Gasteiger partial charge in [0.05, 0.1) is 5.41 Å². The summed E-state index contributed by atoms with van der Waals surface area (Å²) in [5.41, 5.74) is 6.02. The van der Waals surface area contributed by atoms with Gasteiger partial charge in [0.15, 0.2) is 0 Å². The predicted molar refractivity (Wildman–Crippen MR) is 81.6 cm³/mol. The Labute approximate surface area is 128 Å². The lowest BCUT2D eigenvalue weighted by Gasteiger charge is -2.57. The van der Waals surface area contributed by atoms with Gasteiger partial charge in [-0.05, 0) is 69.1 Å². The third kappa shape index (κ3) is 2.27. The topological polar surface area (TPSA) is 46.3 Å². The van der Waals surface area contributed by atoms with Crippen LogP contribution < -0.4 is 5.73 Å². The Morgan fingerprint density at radius 3 is 1.85 bits per heavy atom. The fourth-order valence-corrected chi connectivity index (χ4v) is 5.81. The van der Waals surface area contributed by atoms with Crippen molar-refractivity contribution in [1.82, 2.24) is 4.90 Å². The fraction of sp³-hybridized carbons (Fsp3) is 0.938. The highest BCUT2D eigenvalue weighted by molar-refractivity contribution is 5.85. The van der Waals surface area contributed by atoms with E-state index >= 15 is 0 Å². The minimum Gasteiger partial charge on any atom is -0.342 e. The maximum Gasteiger partial charge on any atom is 0.228 e. The van der Waals surface area contributed by atoms with Crippen LogP contribution in [-0.4, -0.2) is 29.9 Å². The van der Waals surface area contributed by atoms with Crippen molar-refractivity contribution in [3.05, 3.63) is 0 Å². The van der Waals surface area contributed by atoms with Gasteiger partial charge in [-0.3, -0.25) is 4.79 Å². The van der Waals surface area contributed by atoms with Crippen LogP contribution in [0, 0.1) is 23.2 Å². The van der Waals surface area contributed by atoms with Crippen LogP contribution in [0.3, 0.4) is 0 Å². The molecule has 1 amide bonds. The molecule has 4 bridgehead atoms. The highest BCUT2D eigenvalue weighted by Gasteiger charge is 2.55. The fourth-order valence-electron chi connectivity index (χ4n) is 5.81. The van der Waals surface area contributed by atoms with Crippen molar-refractivity contribution in [1.29, 1.82) is 0 Å². The lowest BCUT2D eigenvalue weighted by atomic mass is 9.49. The number of likely N-dealkylation sites (tertiary alicyclic amines) is 1. The van der Waals surface area contributed by atoms with E-state index in [9.17, 15) is 4.79 Å². The highest BCUT2D eigenvalue weighted by Crippen LogP contribution is 2.60. The van der Waals surface area contributed by atoms with Gasteiger partial charge in [0.25, 0.3) is 0 Å². The molecule has 1 heterocycles. The number of halogens is 1. The highest BCUT2D eigenvalue weighted by atomic mass is 35.5. The Kier molecular flexibility index (Phi) is 3.79. The molecule has 5 aliphatic rings. The third-order valence-corrected chi connectivity index (χ3v) is 6.32. The van der Waals surface area contributed by atoms with E-state index in [0.717, 1.165) is 43.7 Å². The first-order valence-electron chi connectivity index (χ1n) is 8.19. The van der Waals surface area contributed by atoms with E-state index in [2.05, 4.69) is 4.90 Å². The van der Waals surface area contributed by atoms with Crippen LogP contribution >= 0.6 is 12.4 Å². The van der Waals surface area contributed by atoms with Gasteiger partial charge >= 0.3 is 0 Å². The molecule has 4 heteroatoms. The SMILES string of the molecule is Cl.NC1CCN(C(=O)C23CC4CC(CC(C4)C2)C3)CC1. The zero-order valence-corrected chi connectivity index (χ0v) is 13.0. The summed E-state index contributed by atoms with van der Waals surface area (Å²) in [6, 6.07) is 0.320. The first kappa shape index (κ1) is 14.6. The molecule has 0 atom stereocenters. The van der Waals surface area contributed by atoms with Gasteiger partial charge in [-0.1, -0.05) is 0 Å². The largest absolute Gasteiger partial charge is 0.342 e. The van der Waals surface area contributed by atoms with Gasteiger partial charge in [-0.2, -0.15) is 0 Å². The van der Waals surface area contributed by atoms with Gasteiger partial charge in [0, 0.05) is 19.1 Å². The monoisotopic (exact) mass is 298 g/mol. The van der Waals surface area contributed by atoms with Crippen LogP contribution in [-0.2, 0) is 4.79 Å². The van der Waals surface area contributed by atoms with E-state index in [1.54, 1.807) is 0 Å². The molecular weight excluding hydrogens is 272 g/mol. The smallest absolute Gasteiger partial charge is 0.228 e. The van der Waals surface area contributed by atoms with E-state index in [1.807, 2.05) is 0 Å². The number of amides is 1.